The molecule has 0 aliphatic carbocycles. The number of carbonyl (C=O) groups excluding carboxylic acids is 2. The van der Waals surface area contributed by atoms with Crippen molar-refractivity contribution in [1.29, 1.82) is 0 Å². The fourth-order valence-electron chi connectivity index (χ4n) is 4.41. The summed E-state index contributed by atoms with van der Waals surface area (Å²) < 4.78 is 2.26. The van der Waals surface area contributed by atoms with Gasteiger partial charge in [-0.25, -0.2) is 4.98 Å². The maximum Gasteiger partial charge on any atom is 0.274 e. The molecule has 0 atom stereocenters. The van der Waals surface area contributed by atoms with Crippen LogP contribution in [0.25, 0.3) is 11.4 Å². The Hall–Kier alpha value is -3.41. The van der Waals surface area contributed by atoms with Gasteiger partial charge in [0.2, 0.25) is 0 Å². The minimum Gasteiger partial charge on any atom is -0.345 e. The average Bonchev–Trinajstić information content (AvgIpc) is 3.03. The van der Waals surface area contributed by atoms with Gasteiger partial charge in [-0.1, -0.05) is 48.9 Å². The van der Waals surface area contributed by atoms with Gasteiger partial charge in [-0.2, -0.15) is 0 Å². The lowest BCUT2D eigenvalue weighted by Gasteiger charge is -2.21. The van der Waals surface area contributed by atoms with E-state index < -0.39 is 0 Å². The van der Waals surface area contributed by atoms with Crippen molar-refractivity contribution in [3.05, 3.63) is 77.1 Å². The van der Waals surface area contributed by atoms with E-state index in [1.165, 1.54) is 6.42 Å². The molecule has 2 amide bonds. The van der Waals surface area contributed by atoms with Gasteiger partial charge in [-0.15, -0.1) is 0 Å². The number of aromatic nitrogens is 2. The van der Waals surface area contributed by atoms with Gasteiger partial charge in [-0.3, -0.25) is 9.59 Å². The van der Waals surface area contributed by atoms with Crippen molar-refractivity contribution < 1.29 is 9.59 Å². The minimum absolute atomic E-state index is 0.0286. The summed E-state index contributed by atoms with van der Waals surface area (Å²) in [5.41, 5.74) is 4.32. The molecule has 1 aliphatic rings. The van der Waals surface area contributed by atoms with Gasteiger partial charge in [0.15, 0.2) is 0 Å². The monoisotopic (exact) mass is 444 g/mol. The van der Waals surface area contributed by atoms with Crippen LogP contribution >= 0.6 is 0 Å². The summed E-state index contributed by atoms with van der Waals surface area (Å²) in [5.74, 6) is 0.830. The summed E-state index contributed by atoms with van der Waals surface area (Å²) in [4.78, 5) is 34.1. The third-order valence-corrected chi connectivity index (χ3v) is 6.25. The van der Waals surface area contributed by atoms with Gasteiger partial charge in [0.05, 0.1) is 5.69 Å². The lowest BCUT2D eigenvalue weighted by Crippen LogP contribution is -2.31. The fraction of sp³-hybridized carbons (Fsp3) is 0.370. The Balaban J connectivity index is 1.62. The number of amides is 2. The van der Waals surface area contributed by atoms with Crippen LogP contribution in [0.2, 0.25) is 0 Å². The quantitative estimate of drug-likeness (QED) is 0.557. The third kappa shape index (κ3) is 4.85. The number of hydrogen-bond acceptors (Lipinski definition) is 3. The number of fused-ring (bicyclic) bond motifs is 1. The summed E-state index contributed by atoms with van der Waals surface area (Å²) in [6.45, 7) is 3.96. The first-order valence-electron chi connectivity index (χ1n) is 11.7. The van der Waals surface area contributed by atoms with Crippen LogP contribution in [0, 0.1) is 0 Å². The van der Waals surface area contributed by atoms with Crippen LogP contribution < -0.4 is 0 Å². The van der Waals surface area contributed by atoms with Gasteiger partial charge < -0.3 is 14.4 Å². The first kappa shape index (κ1) is 22.8. The van der Waals surface area contributed by atoms with E-state index in [4.69, 9.17) is 4.98 Å². The largest absolute Gasteiger partial charge is 0.345 e. The van der Waals surface area contributed by atoms with E-state index in [0.717, 1.165) is 48.5 Å². The molecule has 0 N–H and O–H groups in total. The molecule has 0 fully saturated rings. The topological polar surface area (TPSA) is 58.4 Å². The zero-order valence-corrected chi connectivity index (χ0v) is 19.8. The molecule has 0 saturated heterocycles. The summed E-state index contributed by atoms with van der Waals surface area (Å²) in [6.07, 6.45) is 4.22. The van der Waals surface area contributed by atoms with Gasteiger partial charge in [-0.05, 0) is 43.9 Å². The Kier molecular flexibility index (Phi) is 6.92. The highest BCUT2D eigenvalue weighted by atomic mass is 16.2. The van der Waals surface area contributed by atoms with Crippen molar-refractivity contribution in [3.8, 4) is 11.4 Å². The molecule has 33 heavy (non-hydrogen) atoms. The maximum atomic E-state index is 13.7. The zero-order valence-electron chi connectivity index (χ0n) is 19.8. The second-order valence-corrected chi connectivity index (χ2v) is 8.77. The lowest BCUT2D eigenvalue weighted by molar-refractivity contribution is 0.0744. The van der Waals surface area contributed by atoms with Crippen LogP contribution in [-0.2, 0) is 19.5 Å². The van der Waals surface area contributed by atoms with Gasteiger partial charge in [0.25, 0.3) is 11.8 Å². The molecule has 3 aromatic rings. The summed E-state index contributed by atoms with van der Waals surface area (Å²) in [7, 11) is 3.48. The maximum absolute atomic E-state index is 13.7. The molecule has 4 rings (SSSR count). The van der Waals surface area contributed by atoms with E-state index in [1.54, 1.807) is 19.0 Å². The third-order valence-electron chi connectivity index (χ3n) is 6.25. The molecule has 0 unspecified atom stereocenters. The van der Waals surface area contributed by atoms with Crippen LogP contribution in [0.4, 0.5) is 0 Å². The van der Waals surface area contributed by atoms with E-state index in [9.17, 15) is 9.59 Å². The van der Waals surface area contributed by atoms with Gasteiger partial charge in [0.1, 0.15) is 11.5 Å². The molecule has 0 spiro atoms. The van der Waals surface area contributed by atoms with Crippen LogP contribution in [-0.4, -0.2) is 51.8 Å². The molecular formula is C27H32N4O2. The molecule has 0 bridgehead atoms. The highest BCUT2D eigenvalue weighted by Gasteiger charge is 2.27. The van der Waals surface area contributed by atoms with Crippen molar-refractivity contribution >= 4 is 11.8 Å². The second-order valence-electron chi connectivity index (χ2n) is 8.77. The molecular weight excluding hydrogens is 412 g/mol. The molecule has 0 saturated carbocycles. The normalized spacial score (nSPS) is 13.2. The van der Waals surface area contributed by atoms with Crippen molar-refractivity contribution in [2.24, 2.45) is 0 Å². The predicted molar refractivity (Wildman–Crippen MR) is 130 cm³/mol. The number of nitrogens with zero attached hydrogens (tertiary/aromatic N) is 4. The van der Waals surface area contributed by atoms with Gasteiger partial charge >= 0.3 is 0 Å². The zero-order chi connectivity index (χ0) is 23.4. The lowest BCUT2D eigenvalue weighted by atomic mass is 10.1. The summed E-state index contributed by atoms with van der Waals surface area (Å²) in [6, 6.07) is 17.6. The van der Waals surface area contributed by atoms with E-state index in [0.29, 0.717) is 24.3 Å². The summed E-state index contributed by atoms with van der Waals surface area (Å²) >= 11 is 0. The van der Waals surface area contributed by atoms with Crippen molar-refractivity contribution in [3.63, 3.8) is 0 Å². The smallest absolute Gasteiger partial charge is 0.274 e. The van der Waals surface area contributed by atoms with Crippen LogP contribution in [0.15, 0.2) is 54.6 Å². The van der Waals surface area contributed by atoms with Gasteiger partial charge in [0, 0.05) is 44.9 Å². The molecule has 6 nitrogen and oxygen atoms in total. The highest BCUT2D eigenvalue weighted by molar-refractivity contribution is 5.95. The Morgan fingerprint density at radius 1 is 0.939 bits per heavy atom. The highest BCUT2D eigenvalue weighted by Crippen LogP contribution is 2.28. The number of hydrogen-bond donors (Lipinski definition) is 0. The Bertz CT molecular complexity index is 1120. The Labute approximate surface area is 195 Å². The molecule has 1 aliphatic heterocycles. The van der Waals surface area contributed by atoms with Crippen molar-refractivity contribution in [2.75, 3.05) is 20.6 Å². The number of rotatable bonds is 6. The number of benzene rings is 2. The first-order valence-corrected chi connectivity index (χ1v) is 11.7. The molecule has 6 heteroatoms. The van der Waals surface area contributed by atoms with Crippen molar-refractivity contribution in [1.82, 2.24) is 19.4 Å². The SMILES string of the molecule is CCN(Cc1ccc(C(=O)N(C)C)cc1)C(=O)c1nc(-c2ccccc2)n2c1CCCCC2. The molecule has 1 aromatic heterocycles. The van der Waals surface area contributed by atoms with E-state index in [2.05, 4.69) is 16.7 Å². The van der Waals surface area contributed by atoms with E-state index in [-0.39, 0.29) is 11.8 Å². The number of imidazole rings is 1. The molecule has 0 radical (unpaired) electrons. The minimum atomic E-state index is -0.0289. The molecule has 2 heterocycles. The second kappa shape index (κ2) is 10.0. The van der Waals surface area contributed by atoms with Crippen LogP contribution in [0.1, 0.15) is 58.3 Å². The average molecular weight is 445 g/mol. The Morgan fingerprint density at radius 3 is 2.33 bits per heavy atom. The Morgan fingerprint density at radius 2 is 1.67 bits per heavy atom. The van der Waals surface area contributed by atoms with Crippen LogP contribution in [0.5, 0.6) is 0 Å². The fourth-order valence-corrected chi connectivity index (χ4v) is 4.41. The summed E-state index contributed by atoms with van der Waals surface area (Å²) in [5, 5.41) is 0. The number of carbonyl (C=O) groups is 2. The van der Waals surface area contributed by atoms with Crippen molar-refractivity contribution in [2.45, 2.75) is 45.7 Å². The van der Waals surface area contributed by atoms with E-state index in [1.807, 2.05) is 54.3 Å². The van der Waals surface area contributed by atoms with E-state index >= 15 is 0 Å². The molecule has 172 valence electrons. The predicted octanol–water partition coefficient (Wildman–Crippen LogP) is 4.64. The standard InChI is InChI=1S/C27H32N4O2/c1-4-30(19-20-14-16-22(17-15-20)26(32)29(2)3)27(33)24-23-13-9-6-10-18-31(23)25(28-24)21-11-7-5-8-12-21/h5,7-8,11-12,14-17H,4,6,9-10,13,18-19H2,1-3H3. The first-order chi connectivity index (χ1) is 16.0. The molecule has 2 aromatic carbocycles. The van der Waals surface area contributed by atoms with Crippen LogP contribution in [0.3, 0.4) is 0 Å².